The molecule has 9 heteroatoms. The Morgan fingerprint density at radius 2 is 1.39 bits per heavy atom. The number of amides is 1. The lowest BCUT2D eigenvalue weighted by atomic mass is 10.1. The maximum absolute atomic E-state index is 12.6. The number of rotatable bonds is 8. The van der Waals surface area contributed by atoms with Gasteiger partial charge in [-0.15, -0.1) is 0 Å². The van der Waals surface area contributed by atoms with Gasteiger partial charge < -0.3 is 10.1 Å². The van der Waals surface area contributed by atoms with Gasteiger partial charge in [0.25, 0.3) is 11.1 Å². The highest BCUT2D eigenvalue weighted by Crippen LogP contribution is 2.22. The summed E-state index contributed by atoms with van der Waals surface area (Å²) in [5.41, 5.74) is 2.24. The number of nitrogens with one attached hydrogen (secondary N) is 1. The molecule has 9 nitrogen and oxygen atoms in total. The van der Waals surface area contributed by atoms with Crippen molar-refractivity contribution in [1.29, 1.82) is 0 Å². The number of nitrogens with zero attached hydrogens (tertiary/aromatic N) is 4. The Bertz CT molecular complexity index is 1720. The smallest absolute Gasteiger partial charge is 0.267 e. The van der Waals surface area contributed by atoms with E-state index < -0.39 is 5.91 Å². The molecule has 2 heterocycles. The predicted octanol–water partition coefficient (Wildman–Crippen LogP) is 3.11. The molecule has 1 N–H and O–H groups in total. The minimum Gasteiger partial charge on any atom is -0.497 e. The summed E-state index contributed by atoms with van der Waals surface area (Å²) >= 11 is 0. The molecule has 5 aromatic rings. The van der Waals surface area contributed by atoms with E-state index in [9.17, 15) is 14.4 Å². The lowest BCUT2D eigenvalue weighted by Gasteiger charge is -2.10. The normalized spacial score (nSPS) is 10.9. The topological polar surface area (TPSA) is 108 Å². The molecule has 3 aromatic carbocycles. The number of aromatic nitrogens is 4. The molecular formula is C29H25N5O4. The van der Waals surface area contributed by atoms with E-state index in [0.717, 1.165) is 32.3 Å². The monoisotopic (exact) mass is 507 g/mol. The van der Waals surface area contributed by atoms with E-state index in [2.05, 4.69) is 15.5 Å². The Labute approximate surface area is 217 Å². The van der Waals surface area contributed by atoms with Crippen LogP contribution in [0.4, 0.5) is 0 Å². The maximum atomic E-state index is 12.6. The number of carbonyl (C=O) groups excluding carboxylic acids is 1. The molecule has 38 heavy (non-hydrogen) atoms. The van der Waals surface area contributed by atoms with Crippen LogP contribution < -0.4 is 21.2 Å². The molecule has 0 aliphatic carbocycles. The van der Waals surface area contributed by atoms with E-state index in [1.54, 1.807) is 19.2 Å². The first-order valence-corrected chi connectivity index (χ1v) is 12.1. The fraction of sp³-hybridized carbons (Fsp3) is 0.138. The number of fused-ring (bicyclic) bond motifs is 1. The molecule has 2 aromatic heterocycles. The first kappa shape index (κ1) is 24.6. The van der Waals surface area contributed by atoms with Gasteiger partial charge in [-0.25, -0.2) is 9.36 Å². The van der Waals surface area contributed by atoms with Gasteiger partial charge in [0, 0.05) is 29.8 Å². The van der Waals surface area contributed by atoms with Gasteiger partial charge in [-0.1, -0.05) is 36.4 Å². The summed E-state index contributed by atoms with van der Waals surface area (Å²) in [4.78, 5) is 37.2. The van der Waals surface area contributed by atoms with Crippen LogP contribution in [0.5, 0.6) is 5.75 Å². The fourth-order valence-electron chi connectivity index (χ4n) is 4.08. The molecule has 0 radical (unpaired) electrons. The molecule has 0 unspecified atom stereocenters. The van der Waals surface area contributed by atoms with E-state index >= 15 is 0 Å². The molecule has 0 aliphatic heterocycles. The molecule has 0 spiro atoms. The molecular weight excluding hydrogens is 482 g/mol. The zero-order valence-corrected chi connectivity index (χ0v) is 20.7. The van der Waals surface area contributed by atoms with Gasteiger partial charge in [-0.3, -0.25) is 14.4 Å². The van der Waals surface area contributed by atoms with Crippen molar-refractivity contribution >= 4 is 16.7 Å². The van der Waals surface area contributed by atoms with Gasteiger partial charge in [-0.05, 0) is 53.2 Å². The predicted molar refractivity (Wildman–Crippen MR) is 145 cm³/mol. The number of ether oxygens (including phenoxy) is 1. The van der Waals surface area contributed by atoms with Gasteiger partial charge >= 0.3 is 0 Å². The molecule has 0 fully saturated rings. The van der Waals surface area contributed by atoms with Gasteiger partial charge in [0.15, 0.2) is 0 Å². The Morgan fingerprint density at radius 1 is 0.763 bits per heavy atom. The summed E-state index contributed by atoms with van der Waals surface area (Å²) in [7, 11) is 1.59. The van der Waals surface area contributed by atoms with Crippen molar-refractivity contribution in [2.75, 3.05) is 13.7 Å². The number of carbonyl (C=O) groups is 1. The molecule has 0 atom stereocenters. The highest BCUT2D eigenvalue weighted by Gasteiger charge is 2.10. The van der Waals surface area contributed by atoms with Crippen molar-refractivity contribution in [3.05, 3.63) is 112 Å². The average molecular weight is 508 g/mol. The van der Waals surface area contributed by atoms with Crippen molar-refractivity contribution in [2.24, 2.45) is 0 Å². The van der Waals surface area contributed by atoms with Crippen molar-refractivity contribution < 1.29 is 9.53 Å². The third-order valence-corrected chi connectivity index (χ3v) is 6.10. The Hall–Kier alpha value is -5.05. The second kappa shape index (κ2) is 10.9. The number of methoxy groups -OCH3 is 1. The molecule has 5 rings (SSSR count). The first-order chi connectivity index (χ1) is 18.5. The summed E-state index contributed by atoms with van der Waals surface area (Å²) in [6, 6.07) is 27.4. The Balaban J connectivity index is 1.24. The standard InChI is InChI=1S/C29H25N5O4/c1-38-24-10-8-21(9-11-24)25-12-14-28(36)33(31-25)17-16-30-27(35)19-34-29(37)15-13-26(32-34)23-7-6-20-4-2-3-5-22(20)18-23/h2-15,18H,16-17,19H2,1H3,(H,30,35). The number of benzene rings is 3. The van der Waals surface area contributed by atoms with E-state index in [4.69, 9.17) is 4.74 Å². The highest BCUT2D eigenvalue weighted by atomic mass is 16.5. The maximum Gasteiger partial charge on any atom is 0.267 e. The van der Waals surface area contributed by atoms with Gasteiger partial charge in [0.05, 0.1) is 25.0 Å². The summed E-state index contributed by atoms with van der Waals surface area (Å²) in [6.07, 6.45) is 0. The minimum absolute atomic E-state index is 0.164. The van der Waals surface area contributed by atoms with E-state index in [-0.39, 0.29) is 30.8 Å². The minimum atomic E-state index is -0.394. The molecule has 190 valence electrons. The van der Waals surface area contributed by atoms with Gasteiger partial charge in [-0.2, -0.15) is 10.2 Å². The quantitative estimate of drug-likeness (QED) is 0.346. The van der Waals surface area contributed by atoms with Crippen LogP contribution in [-0.4, -0.2) is 39.1 Å². The Kier molecular flexibility index (Phi) is 7.08. The van der Waals surface area contributed by atoms with E-state index in [1.807, 2.05) is 66.7 Å². The molecule has 0 saturated heterocycles. The van der Waals surface area contributed by atoms with Crippen LogP contribution in [0.1, 0.15) is 0 Å². The second-order valence-electron chi connectivity index (χ2n) is 8.63. The summed E-state index contributed by atoms with van der Waals surface area (Å²) in [6.45, 7) is 0.0966. The van der Waals surface area contributed by atoms with Crippen LogP contribution in [-0.2, 0) is 17.9 Å². The number of hydrogen-bond acceptors (Lipinski definition) is 6. The lowest BCUT2D eigenvalue weighted by molar-refractivity contribution is -0.121. The summed E-state index contributed by atoms with van der Waals surface area (Å²) in [5, 5.41) is 13.7. The zero-order chi connectivity index (χ0) is 26.5. The molecule has 0 bridgehead atoms. The number of hydrogen-bond donors (Lipinski definition) is 1. The first-order valence-electron chi connectivity index (χ1n) is 12.1. The van der Waals surface area contributed by atoms with Crippen LogP contribution in [0.15, 0.2) is 101 Å². The molecule has 1 amide bonds. The van der Waals surface area contributed by atoms with Crippen molar-refractivity contribution in [1.82, 2.24) is 24.9 Å². The van der Waals surface area contributed by atoms with Crippen LogP contribution in [0, 0.1) is 0 Å². The highest BCUT2D eigenvalue weighted by molar-refractivity contribution is 5.86. The third-order valence-electron chi connectivity index (χ3n) is 6.10. The average Bonchev–Trinajstić information content (AvgIpc) is 2.95. The SMILES string of the molecule is COc1ccc(-c2ccc(=O)n(CCNC(=O)Cn3nc(-c4ccc5ccccc5c4)ccc3=O)n2)cc1. The van der Waals surface area contributed by atoms with E-state index in [1.165, 1.54) is 16.8 Å². The third kappa shape index (κ3) is 5.52. The summed E-state index contributed by atoms with van der Waals surface area (Å²) in [5.74, 6) is 0.329. The van der Waals surface area contributed by atoms with Crippen LogP contribution in [0.2, 0.25) is 0 Å². The van der Waals surface area contributed by atoms with Gasteiger partial charge in [0.2, 0.25) is 5.91 Å². The van der Waals surface area contributed by atoms with Crippen molar-refractivity contribution in [3.8, 4) is 28.3 Å². The molecule has 0 aliphatic rings. The van der Waals surface area contributed by atoms with Crippen molar-refractivity contribution in [2.45, 2.75) is 13.1 Å². The molecule has 0 saturated carbocycles. The zero-order valence-electron chi connectivity index (χ0n) is 20.7. The second-order valence-corrected chi connectivity index (χ2v) is 8.63. The van der Waals surface area contributed by atoms with Gasteiger partial charge in [0.1, 0.15) is 12.3 Å². The van der Waals surface area contributed by atoms with Crippen LogP contribution >= 0.6 is 0 Å². The summed E-state index contributed by atoms with van der Waals surface area (Å²) < 4.78 is 7.61. The van der Waals surface area contributed by atoms with Crippen molar-refractivity contribution in [3.63, 3.8) is 0 Å². The van der Waals surface area contributed by atoms with Crippen LogP contribution in [0.3, 0.4) is 0 Å². The fourth-order valence-corrected chi connectivity index (χ4v) is 4.08. The lowest BCUT2D eigenvalue weighted by Crippen LogP contribution is -2.36. The van der Waals surface area contributed by atoms with Crippen LogP contribution in [0.25, 0.3) is 33.3 Å². The Morgan fingerprint density at radius 3 is 2.13 bits per heavy atom. The van der Waals surface area contributed by atoms with E-state index in [0.29, 0.717) is 11.4 Å². The largest absolute Gasteiger partial charge is 0.497 e.